The van der Waals surface area contributed by atoms with E-state index in [9.17, 15) is 0 Å². The molecule has 0 spiro atoms. The summed E-state index contributed by atoms with van der Waals surface area (Å²) in [5.41, 5.74) is 7.41. The molecule has 2 N–H and O–H groups in total. The highest BCUT2D eigenvalue weighted by atomic mass is 16.5. The zero-order valence-corrected chi connectivity index (χ0v) is 15.1. The number of hydrogen-bond acceptors (Lipinski definition) is 3. The fraction of sp³-hybridized carbons (Fsp3) is 0.217. The van der Waals surface area contributed by atoms with Crippen LogP contribution in [-0.2, 0) is 0 Å². The molecule has 0 radical (unpaired) electrons. The molecule has 0 amide bonds. The summed E-state index contributed by atoms with van der Waals surface area (Å²) in [5.74, 6) is 2.88. The van der Waals surface area contributed by atoms with Gasteiger partial charge in [0.25, 0.3) is 0 Å². The molecule has 3 heteroatoms. The summed E-state index contributed by atoms with van der Waals surface area (Å²) in [6.45, 7) is 2.17. The normalized spacial score (nSPS) is 11.8. The van der Waals surface area contributed by atoms with Crippen LogP contribution in [0.25, 0.3) is 0 Å². The SMILES string of the molecule is CCCC[C@H](N)c1ccc(Oc2ccccc2)c(Oc2ccccc2)c1. The summed E-state index contributed by atoms with van der Waals surface area (Å²) in [6.07, 6.45) is 3.20. The van der Waals surface area contributed by atoms with Gasteiger partial charge in [-0.2, -0.15) is 0 Å². The van der Waals surface area contributed by atoms with Crippen LogP contribution in [0.15, 0.2) is 78.9 Å². The topological polar surface area (TPSA) is 44.5 Å². The van der Waals surface area contributed by atoms with Gasteiger partial charge in [-0.1, -0.05) is 62.2 Å². The Balaban J connectivity index is 1.89. The lowest BCUT2D eigenvalue weighted by molar-refractivity contribution is 0.417. The number of rotatable bonds is 8. The van der Waals surface area contributed by atoms with Gasteiger partial charge < -0.3 is 15.2 Å². The Labute approximate surface area is 155 Å². The molecule has 0 fully saturated rings. The maximum atomic E-state index is 6.35. The van der Waals surface area contributed by atoms with E-state index in [0.717, 1.165) is 36.3 Å². The van der Waals surface area contributed by atoms with Crippen LogP contribution in [-0.4, -0.2) is 0 Å². The van der Waals surface area contributed by atoms with Crippen LogP contribution in [0.3, 0.4) is 0 Å². The van der Waals surface area contributed by atoms with Crippen molar-refractivity contribution in [1.82, 2.24) is 0 Å². The van der Waals surface area contributed by atoms with Gasteiger partial charge in [0.15, 0.2) is 11.5 Å². The number of para-hydroxylation sites is 2. The van der Waals surface area contributed by atoms with Crippen molar-refractivity contribution in [2.24, 2.45) is 5.73 Å². The minimum absolute atomic E-state index is 0.00107. The molecule has 0 aliphatic heterocycles. The molecule has 3 nitrogen and oxygen atoms in total. The molecule has 0 aromatic heterocycles. The largest absolute Gasteiger partial charge is 0.453 e. The van der Waals surface area contributed by atoms with Crippen LogP contribution in [0.5, 0.6) is 23.0 Å². The lowest BCUT2D eigenvalue weighted by Crippen LogP contribution is -2.10. The quantitative estimate of drug-likeness (QED) is 0.508. The van der Waals surface area contributed by atoms with Gasteiger partial charge in [-0.3, -0.25) is 0 Å². The Morgan fingerprint density at radius 3 is 1.92 bits per heavy atom. The first-order chi connectivity index (χ1) is 12.8. The van der Waals surface area contributed by atoms with Crippen molar-refractivity contribution in [1.29, 1.82) is 0 Å². The summed E-state index contributed by atoms with van der Waals surface area (Å²) in [7, 11) is 0. The zero-order chi connectivity index (χ0) is 18.2. The van der Waals surface area contributed by atoms with Crippen molar-refractivity contribution in [3.63, 3.8) is 0 Å². The van der Waals surface area contributed by atoms with Crippen LogP contribution in [0.1, 0.15) is 37.8 Å². The highest BCUT2D eigenvalue weighted by Crippen LogP contribution is 2.37. The molecule has 3 rings (SSSR count). The summed E-state index contributed by atoms with van der Waals surface area (Å²) < 4.78 is 12.1. The molecule has 0 saturated heterocycles. The van der Waals surface area contributed by atoms with Crippen LogP contribution in [0, 0.1) is 0 Å². The van der Waals surface area contributed by atoms with E-state index in [2.05, 4.69) is 6.92 Å². The third-order valence-corrected chi connectivity index (χ3v) is 4.21. The first-order valence-electron chi connectivity index (χ1n) is 9.11. The Kier molecular flexibility index (Phi) is 6.29. The maximum Gasteiger partial charge on any atom is 0.170 e. The third kappa shape index (κ3) is 4.87. The lowest BCUT2D eigenvalue weighted by Gasteiger charge is -2.17. The van der Waals surface area contributed by atoms with E-state index in [1.54, 1.807) is 0 Å². The number of nitrogens with two attached hydrogens (primary N) is 1. The monoisotopic (exact) mass is 347 g/mol. The highest BCUT2D eigenvalue weighted by molar-refractivity contribution is 5.48. The smallest absolute Gasteiger partial charge is 0.170 e. The van der Waals surface area contributed by atoms with Gasteiger partial charge in [0.2, 0.25) is 0 Å². The molecule has 0 saturated carbocycles. The molecule has 0 aliphatic rings. The second kappa shape index (κ2) is 9.07. The van der Waals surface area contributed by atoms with Crippen molar-refractivity contribution in [2.45, 2.75) is 32.2 Å². The Morgan fingerprint density at radius 2 is 1.35 bits per heavy atom. The molecule has 3 aromatic rings. The number of unbranched alkanes of at least 4 members (excludes halogenated alkanes) is 1. The van der Waals surface area contributed by atoms with Gasteiger partial charge in [0, 0.05) is 6.04 Å². The minimum Gasteiger partial charge on any atom is -0.453 e. The number of ether oxygens (including phenoxy) is 2. The van der Waals surface area contributed by atoms with Crippen molar-refractivity contribution in [2.75, 3.05) is 0 Å². The van der Waals surface area contributed by atoms with Crippen molar-refractivity contribution < 1.29 is 9.47 Å². The summed E-state index contributed by atoms with van der Waals surface area (Å²) in [5, 5.41) is 0. The molecule has 0 heterocycles. The molecule has 0 bridgehead atoms. The predicted molar refractivity (Wildman–Crippen MR) is 106 cm³/mol. The average Bonchev–Trinajstić information content (AvgIpc) is 2.69. The van der Waals surface area contributed by atoms with E-state index < -0.39 is 0 Å². The number of benzene rings is 3. The summed E-state index contributed by atoms with van der Waals surface area (Å²) in [4.78, 5) is 0. The highest BCUT2D eigenvalue weighted by Gasteiger charge is 2.13. The van der Waals surface area contributed by atoms with E-state index in [-0.39, 0.29) is 6.04 Å². The first-order valence-corrected chi connectivity index (χ1v) is 9.11. The van der Waals surface area contributed by atoms with E-state index in [0.29, 0.717) is 11.5 Å². The van der Waals surface area contributed by atoms with E-state index in [1.165, 1.54) is 0 Å². The standard InChI is InChI=1S/C23H25NO2/c1-2-3-14-21(24)18-15-16-22(25-19-10-6-4-7-11-19)23(17-18)26-20-12-8-5-9-13-20/h4-13,15-17,21H,2-3,14,24H2,1H3/t21-/m0/s1. The molecule has 1 atom stereocenters. The first kappa shape index (κ1) is 18.0. The molecule has 134 valence electrons. The molecular weight excluding hydrogens is 322 g/mol. The molecule has 0 unspecified atom stereocenters. The second-order valence-electron chi connectivity index (χ2n) is 6.29. The Morgan fingerprint density at radius 1 is 0.769 bits per heavy atom. The average molecular weight is 347 g/mol. The van der Waals surface area contributed by atoms with Crippen molar-refractivity contribution >= 4 is 0 Å². The lowest BCUT2D eigenvalue weighted by atomic mass is 10.0. The molecule has 26 heavy (non-hydrogen) atoms. The minimum atomic E-state index is -0.00107. The van der Waals surface area contributed by atoms with Gasteiger partial charge in [0.1, 0.15) is 11.5 Å². The van der Waals surface area contributed by atoms with Gasteiger partial charge >= 0.3 is 0 Å². The van der Waals surface area contributed by atoms with Crippen molar-refractivity contribution in [3.05, 3.63) is 84.4 Å². The van der Waals surface area contributed by atoms with Gasteiger partial charge in [0.05, 0.1) is 0 Å². The van der Waals surface area contributed by atoms with E-state index in [1.807, 2.05) is 78.9 Å². The molecular formula is C23H25NO2. The Hall–Kier alpha value is -2.78. The summed E-state index contributed by atoms with van der Waals surface area (Å²) in [6, 6.07) is 25.4. The summed E-state index contributed by atoms with van der Waals surface area (Å²) >= 11 is 0. The van der Waals surface area contributed by atoms with E-state index >= 15 is 0 Å². The van der Waals surface area contributed by atoms with Gasteiger partial charge in [-0.25, -0.2) is 0 Å². The molecule has 3 aromatic carbocycles. The predicted octanol–water partition coefficient (Wildman–Crippen LogP) is 6.46. The van der Waals surface area contributed by atoms with Gasteiger partial charge in [-0.15, -0.1) is 0 Å². The number of hydrogen-bond donors (Lipinski definition) is 1. The van der Waals surface area contributed by atoms with E-state index in [4.69, 9.17) is 15.2 Å². The van der Waals surface area contributed by atoms with Crippen LogP contribution >= 0.6 is 0 Å². The molecule has 0 aliphatic carbocycles. The maximum absolute atomic E-state index is 6.35. The Bertz CT molecular complexity index is 803. The van der Waals surface area contributed by atoms with Crippen molar-refractivity contribution in [3.8, 4) is 23.0 Å². The second-order valence-corrected chi connectivity index (χ2v) is 6.29. The van der Waals surface area contributed by atoms with Crippen LogP contribution < -0.4 is 15.2 Å². The third-order valence-electron chi connectivity index (χ3n) is 4.21. The van der Waals surface area contributed by atoms with Gasteiger partial charge in [-0.05, 0) is 48.4 Å². The zero-order valence-electron chi connectivity index (χ0n) is 15.1. The van der Waals surface area contributed by atoms with Crippen LogP contribution in [0.4, 0.5) is 0 Å². The van der Waals surface area contributed by atoms with Crippen LogP contribution in [0.2, 0.25) is 0 Å². The fourth-order valence-corrected chi connectivity index (χ4v) is 2.74. The fourth-order valence-electron chi connectivity index (χ4n) is 2.74.